The first-order chi connectivity index (χ1) is 19.6. The van der Waals surface area contributed by atoms with Crippen LogP contribution in [0.4, 0.5) is 0 Å². The molecule has 4 nitrogen and oxygen atoms in total. The van der Waals surface area contributed by atoms with Gasteiger partial charge in [0.25, 0.3) is 0 Å². The van der Waals surface area contributed by atoms with Gasteiger partial charge in [-0.2, -0.15) is 0 Å². The van der Waals surface area contributed by atoms with Crippen LogP contribution in [0.5, 0.6) is 0 Å². The SMILES string of the molecule is CC1(C)c2cccc(-c3nc(-c4ccccc4)nc(-c4ccccc4)n3)c2-c2ccc3c(oc4ccccc43)c21. The van der Waals surface area contributed by atoms with E-state index in [0.29, 0.717) is 17.5 Å². The van der Waals surface area contributed by atoms with Crippen LogP contribution in [0.15, 0.2) is 120 Å². The Morgan fingerprint density at radius 3 is 1.85 bits per heavy atom. The minimum Gasteiger partial charge on any atom is -0.456 e. The fourth-order valence-electron chi connectivity index (χ4n) is 6.23. The fourth-order valence-corrected chi connectivity index (χ4v) is 6.23. The summed E-state index contributed by atoms with van der Waals surface area (Å²) in [5, 5.41) is 2.29. The predicted molar refractivity (Wildman–Crippen MR) is 161 cm³/mol. The van der Waals surface area contributed by atoms with Gasteiger partial charge < -0.3 is 4.42 Å². The van der Waals surface area contributed by atoms with Crippen LogP contribution in [0.25, 0.3) is 67.2 Å². The second-order valence-corrected chi connectivity index (χ2v) is 10.9. The number of benzene rings is 5. The summed E-state index contributed by atoms with van der Waals surface area (Å²) >= 11 is 0. The van der Waals surface area contributed by atoms with Crippen molar-refractivity contribution in [2.45, 2.75) is 19.3 Å². The third kappa shape index (κ3) is 3.29. The lowest BCUT2D eigenvalue weighted by molar-refractivity contribution is 0.620. The average Bonchev–Trinajstić information content (AvgIpc) is 3.50. The summed E-state index contributed by atoms with van der Waals surface area (Å²) in [4.78, 5) is 15.0. The highest BCUT2D eigenvalue weighted by atomic mass is 16.3. The van der Waals surface area contributed by atoms with Crippen molar-refractivity contribution in [3.63, 3.8) is 0 Å². The van der Waals surface area contributed by atoms with Crippen LogP contribution in [0.2, 0.25) is 0 Å². The number of nitrogens with zero attached hydrogens (tertiary/aromatic N) is 3. The van der Waals surface area contributed by atoms with Crippen LogP contribution in [0, 0.1) is 0 Å². The summed E-state index contributed by atoms with van der Waals surface area (Å²) in [7, 11) is 0. The molecule has 4 heteroatoms. The maximum atomic E-state index is 6.52. The van der Waals surface area contributed by atoms with Crippen molar-refractivity contribution in [3.8, 4) is 45.3 Å². The van der Waals surface area contributed by atoms with Gasteiger partial charge in [-0.1, -0.05) is 117 Å². The van der Waals surface area contributed by atoms with Gasteiger partial charge in [0, 0.05) is 38.4 Å². The molecule has 0 amide bonds. The van der Waals surface area contributed by atoms with E-state index >= 15 is 0 Å². The molecule has 0 spiro atoms. The van der Waals surface area contributed by atoms with Gasteiger partial charge in [0.2, 0.25) is 0 Å². The lowest BCUT2D eigenvalue weighted by Gasteiger charge is -2.21. The number of fused-ring (bicyclic) bond motifs is 7. The Kier molecular flexibility index (Phi) is 4.83. The largest absolute Gasteiger partial charge is 0.456 e. The lowest BCUT2D eigenvalue weighted by Crippen LogP contribution is -2.15. The molecule has 8 rings (SSSR count). The van der Waals surface area contributed by atoms with E-state index in [4.69, 9.17) is 19.4 Å². The molecule has 40 heavy (non-hydrogen) atoms. The molecule has 1 aliphatic rings. The van der Waals surface area contributed by atoms with Crippen LogP contribution < -0.4 is 0 Å². The van der Waals surface area contributed by atoms with Gasteiger partial charge in [0.1, 0.15) is 11.2 Å². The smallest absolute Gasteiger partial charge is 0.164 e. The molecule has 0 aliphatic heterocycles. The maximum Gasteiger partial charge on any atom is 0.164 e. The van der Waals surface area contributed by atoms with E-state index in [1.54, 1.807) is 0 Å². The van der Waals surface area contributed by atoms with Crippen LogP contribution in [-0.2, 0) is 5.41 Å². The minimum atomic E-state index is -0.258. The molecule has 0 radical (unpaired) electrons. The molecule has 0 bridgehead atoms. The van der Waals surface area contributed by atoms with Crippen molar-refractivity contribution < 1.29 is 4.42 Å². The first-order valence-corrected chi connectivity index (χ1v) is 13.6. The summed E-state index contributed by atoms with van der Waals surface area (Å²) in [6, 6.07) is 39.4. The van der Waals surface area contributed by atoms with E-state index in [1.807, 2.05) is 72.8 Å². The normalized spacial score (nSPS) is 13.4. The first-order valence-electron chi connectivity index (χ1n) is 13.6. The van der Waals surface area contributed by atoms with E-state index in [2.05, 4.69) is 56.3 Å². The van der Waals surface area contributed by atoms with Crippen molar-refractivity contribution in [1.29, 1.82) is 0 Å². The average molecular weight is 516 g/mol. The van der Waals surface area contributed by atoms with E-state index in [0.717, 1.165) is 44.2 Å². The molecule has 0 saturated heterocycles. The molecular formula is C36H25N3O. The van der Waals surface area contributed by atoms with Gasteiger partial charge in [-0.05, 0) is 28.8 Å². The molecule has 0 N–H and O–H groups in total. The Morgan fingerprint density at radius 2 is 1.15 bits per heavy atom. The van der Waals surface area contributed by atoms with Crippen molar-refractivity contribution in [2.24, 2.45) is 0 Å². The van der Waals surface area contributed by atoms with E-state index in [9.17, 15) is 0 Å². The Bertz CT molecular complexity index is 2020. The van der Waals surface area contributed by atoms with Gasteiger partial charge in [0.15, 0.2) is 17.5 Å². The van der Waals surface area contributed by atoms with Crippen LogP contribution in [0.3, 0.4) is 0 Å². The quantitative estimate of drug-likeness (QED) is 0.235. The lowest BCUT2D eigenvalue weighted by atomic mass is 9.81. The number of hydrogen-bond acceptors (Lipinski definition) is 4. The summed E-state index contributed by atoms with van der Waals surface area (Å²) in [5.41, 5.74) is 9.31. The van der Waals surface area contributed by atoms with E-state index in [-0.39, 0.29) is 5.41 Å². The standard InChI is InChI=1S/C36H25N3O/c1-36(2)28-18-11-17-27(30(28)26-21-20-25-24-16-9-10-19-29(24)40-32(25)31(26)36)35-38-33(22-12-5-3-6-13-22)37-34(39-35)23-14-7-4-8-15-23/h3-21H,1-2H3. The number of furan rings is 1. The van der Waals surface area contributed by atoms with Gasteiger partial charge in [-0.3, -0.25) is 0 Å². The molecule has 0 saturated carbocycles. The molecule has 7 aromatic rings. The molecule has 0 unspecified atom stereocenters. The molecule has 1 aliphatic carbocycles. The second-order valence-electron chi connectivity index (χ2n) is 10.9. The highest BCUT2D eigenvalue weighted by molar-refractivity contribution is 6.10. The molecular weight excluding hydrogens is 490 g/mol. The highest BCUT2D eigenvalue weighted by Gasteiger charge is 2.40. The third-order valence-electron chi connectivity index (χ3n) is 8.12. The molecule has 2 aromatic heterocycles. The molecule has 0 fully saturated rings. The van der Waals surface area contributed by atoms with Crippen molar-refractivity contribution in [1.82, 2.24) is 15.0 Å². The number of aromatic nitrogens is 3. The third-order valence-corrected chi connectivity index (χ3v) is 8.12. The van der Waals surface area contributed by atoms with Crippen molar-refractivity contribution in [2.75, 3.05) is 0 Å². The number of para-hydroxylation sites is 1. The van der Waals surface area contributed by atoms with Crippen molar-refractivity contribution in [3.05, 3.63) is 126 Å². The summed E-state index contributed by atoms with van der Waals surface area (Å²) < 4.78 is 6.52. The minimum absolute atomic E-state index is 0.258. The predicted octanol–water partition coefficient (Wildman–Crippen LogP) is 9.08. The molecule has 2 heterocycles. The topological polar surface area (TPSA) is 51.8 Å². The maximum absolute atomic E-state index is 6.52. The first kappa shape index (κ1) is 22.9. The van der Waals surface area contributed by atoms with Crippen LogP contribution >= 0.6 is 0 Å². The second kappa shape index (κ2) is 8.45. The van der Waals surface area contributed by atoms with Crippen molar-refractivity contribution >= 4 is 21.9 Å². The Balaban J connectivity index is 1.41. The van der Waals surface area contributed by atoms with Crippen LogP contribution in [-0.4, -0.2) is 15.0 Å². The van der Waals surface area contributed by atoms with E-state index in [1.165, 1.54) is 16.7 Å². The zero-order valence-corrected chi connectivity index (χ0v) is 22.2. The molecule has 5 aromatic carbocycles. The highest BCUT2D eigenvalue weighted by Crippen LogP contribution is 2.54. The summed E-state index contributed by atoms with van der Waals surface area (Å²) in [5.74, 6) is 1.98. The Hall–Kier alpha value is -5.09. The summed E-state index contributed by atoms with van der Waals surface area (Å²) in [6.45, 7) is 4.57. The number of rotatable bonds is 3. The zero-order valence-electron chi connectivity index (χ0n) is 22.2. The van der Waals surface area contributed by atoms with Gasteiger partial charge in [0.05, 0.1) is 0 Å². The van der Waals surface area contributed by atoms with Gasteiger partial charge in [-0.15, -0.1) is 0 Å². The monoisotopic (exact) mass is 515 g/mol. The Morgan fingerprint density at radius 1 is 0.525 bits per heavy atom. The summed E-state index contributed by atoms with van der Waals surface area (Å²) in [6.07, 6.45) is 0. The van der Waals surface area contributed by atoms with E-state index < -0.39 is 0 Å². The Labute approximate surface area is 232 Å². The fraction of sp³-hybridized carbons (Fsp3) is 0.0833. The van der Waals surface area contributed by atoms with Crippen LogP contribution in [0.1, 0.15) is 25.0 Å². The molecule has 190 valence electrons. The molecule has 0 atom stereocenters. The van der Waals surface area contributed by atoms with Gasteiger partial charge >= 0.3 is 0 Å². The number of hydrogen-bond donors (Lipinski definition) is 0. The zero-order chi connectivity index (χ0) is 26.8. The van der Waals surface area contributed by atoms with Gasteiger partial charge in [-0.25, -0.2) is 15.0 Å².